The molecule has 0 spiro atoms. The van der Waals surface area contributed by atoms with Gasteiger partial charge in [-0.1, -0.05) is 30.3 Å². The van der Waals surface area contributed by atoms with Gasteiger partial charge in [-0.05, 0) is 40.3 Å². The van der Waals surface area contributed by atoms with Crippen LogP contribution in [0.3, 0.4) is 0 Å². The van der Waals surface area contributed by atoms with Gasteiger partial charge in [0.15, 0.2) is 17.8 Å². The Morgan fingerprint density at radius 3 is 2.53 bits per heavy atom. The molecule has 0 aromatic heterocycles. The summed E-state index contributed by atoms with van der Waals surface area (Å²) in [6, 6.07) is 13.3. The number of carbonyl (C=O) groups excluding carboxylic acids is 1. The summed E-state index contributed by atoms with van der Waals surface area (Å²) in [4.78, 5) is 11.0. The highest BCUT2D eigenvalue weighted by atomic mass is 127. The van der Waals surface area contributed by atoms with Crippen LogP contribution in [0.1, 0.15) is 15.9 Å². The Balaban J connectivity index is 2.25. The van der Waals surface area contributed by atoms with Crippen LogP contribution in [0.2, 0.25) is 0 Å². The molecule has 0 amide bonds. The molecule has 0 unspecified atom stereocenters. The zero-order chi connectivity index (χ0) is 13.7. The number of carbonyl (C=O) groups is 1. The highest BCUT2D eigenvalue weighted by molar-refractivity contribution is 14.1. The summed E-state index contributed by atoms with van der Waals surface area (Å²) in [6.07, 6.45) is 0.816. The molecule has 4 heteroatoms. The Labute approximate surface area is 125 Å². The number of rotatable bonds is 5. The van der Waals surface area contributed by atoms with E-state index in [0.29, 0.717) is 23.7 Å². The SMILES string of the molecule is COc1ccc(C=O)c(I)c1OCc1ccccc1. The van der Waals surface area contributed by atoms with Crippen molar-refractivity contribution >= 4 is 28.9 Å². The van der Waals surface area contributed by atoms with Crippen LogP contribution in [0, 0.1) is 3.57 Å². The van der Waals surface area contributed by atoms with Crippen LogP contribution in [0.25, 0.3) is 0 Å². The summed E-state index contributed by atoms with van der Waals surface area (Å²) >= 11 is 2.10. The maximum atomic E-state index is 11.0. The molecule has 3 nitrogen and oxygen atoms in total. The molecule has 2 rings (SSSR count). The van der Waals surface area contributed by atoms with Gasteiger partial charge in [-0.2, -0.15) is 0 Å². The summed E-state index contributed by atoms with van der Waals surface area (Å²) in [5.41, 5.74) is 1.67. The fraction of sp³-hybridized carbons (Fsp3) is 0.133. The van der Waals surface area contributed by atoms with Gasteiger partial charge in [0.2, 0.25) is 0 Å². The van der Waals surface area contributed by atoms with Crippen LogP contribution in [-0.2, 0) is 6.61 Å². The van der Waals surface area contributed by atoms with Gasteiger partial charge in [0.25, 0.3) is 0 Å². The van der Waals surface area contributed by atoms with Crippen molar-refractivity contribution in [3.05, 3.63) is 57.2 Å². The Bertz CT molecular complexity index is 567. The smallest absolute Gasteiger partial charge is 0.175 e. The van der Waals surface area contributed by atoms with Crippen molar-refractivity contribution in [2.45, 2.75) is 6.61 Å². The summed E-state index contributed by atoms with van der Waals surface area (Å²) in [6.45, 7) is 0.440. The Kier molecular flexibility index (Phi) is 4.79. The average molecular weight is 368 g/mol. The van der Waals surface area contributed by atoms with Crippen molar-refractivity contribution in [2.24, 2.45) is 0 Å². The first-order valence-corrected chi connectivity index (χ1v) is 6.82. The molecule has 0 aliphatic carbocycles. The van der Waals surface area contributed by atoms with Gasteiger partial charge in [-0.25, -0.2) is 0 Å². The molecule has 0 saturated heterocycles. The zero-order valence-corrected chi connectivity index (χ0v) is 12.6. The van der Waals surface area contributed by atoms with E-state index in [1.54, 1.807) is 19.2 Å². The Morgan fingerprint density at radius 2 is 1.89 bits per heavy atom. The molecule has 0 heterocycles. The number of hydrogen-bond donors (Lipinski definition) is 0. The van der Waals surface area contributed by atoms with Gasteiger partial charge >= 0.3 is 0 Å². The standard InChI is InChI=1S/C15H13IO3/c1-18-13-8-7-12(9-17)14(16)15(13)19-10-11-5-3-2-4-6-11/h2-9H,10H2,1H3. The van der Waals surface area contributed by atoms with Gasteiger partial charge in [-0.15, -0.1) is 0 Å². The fourth-order valence-electron chi connectivity index (χ4n) is 1.67. The molecular weight excluding hydrogens is 355 g/mol. The van der Waals surface area contributed by atoms with Crippen LogP contribution in [0.5, 0.6) is 11.5 Å². The maximum Gasteiger partial charge on any atom is 0.175 e. The number of halogens is 1. The molecule has 0 N–H and O–H groups in total. The minimum atomic E-state index is 0.440. The third-order valence-electron chi connectivity index (χ3n) is 2.66. The molecule has 0 atom stereocenters. The van der Waals surface area contributed by atoms with Crippen molar-refractivity contribution in [1.82, 2.24) is 0 Å². The van der Waals surface area contributed by atoms with Gasteiger partial charge in [0, 0.05) is 5.56 Å². The van der Waals surface area contributed by atoms with Crippen molar-refractivity contribution < 1.29 is 14.3 Å². The van der Waals surface area contributed by atoms with Crippen LogP contribution in [-0.4, -0.2) is 13.4 Å². The second-order valence-corrected chi connectivity index (χ2v) is 4.97. The monoisotopic (exact) mass is 368 g/mol. The molecule has 0 radical (unpaired) electrons. The van der Waals surface area contributed by atoms with E-state index in [2.05, 4.69) is 22.6 Å². The molecule has 0 saturated carbocycles. The lowest BCUT2D eigenvalue weighted by Crippen LogP contribution is -2.01. The first-order valence-electron chi connectivity index (χ1n) is 5.74. The second-order valence-electron chi connectivity index (χ2n) is 3.89. The fourth-order valence-corrected chi connectivity index (χ4v) is 2.40. The quantitative estimate of drug-likeness (QED) is 0.597. The largest absolute Gasteiger partial charge is 0.493 e. The first kappa shape index (κ1) is 13.9. The molecule has 19 heavy (non-hydrogen) atoms. The molecule has 98 valence electrons. The lowest BCUT2D eigenvalue weighted by molar-refractivity contribution is 0.112. The van der Waals surface area contributed by atoms with Gasteiger partial charge in [-0.3, -0.25) is 4.79 Å². The number of aldehydes is 1. The van der Waals surface area contributed by atoms with E-state index in [9.17, 15) is 4.79 Å². The molecule has 0 bridgehead atoms. The topological polar surface area (TPSA) is 35.5 Å². The van der Waals surface area contributed by atoms with Crippen LogP contribution >= 0.6 is 22.6 Å². The van der Waals surface area contributed by atoms with E-state index in [1.807, 2.05) is 30.3 Å². The van der Waals surface area contributed by atoms with E-state index >= 15 is 0 Å². The summed E-state index contributed by atoms with van der Waals surface area (Å²) < 4.78 is 11.8. The average Bonchev–Trinajstić information content (AvgIpc) is 2.46. The minimum Gasteiger partial charge on any atom is -0.493 e. The zero-order valence-electron chi connectivity index (χ0n) is 10.4. The van der Waals surface area contributed by atoms with Crippen LogP contribution in [0.4, 0.5) is 0 Å². The summed E-state index contributed by atoms with van der Waals surface area (Å²) in [5.74, 6) is 1.24. The summed E-state index contributed by atoms with van der Waals surface area (Å²) in [7, 11) is 1.58. The summed E-state index contributed by atoms with van der Waals surface area (Å²) in [5, 5.41) is 0. The van der Waals surface area contributed by atoms with Crippen molar-refractivity contribution in [3.8, 4) is 11.5 Å². The highest BCUT2D eigenvalue weighted by Crippen LogP contribution is 2.34. The highest BCUT2D eigenvalue weighted by Gasteiger charge is 2.13. The Hall–Kier alpha value is -1.56. The molecular formula is C15H13IO3. The normalized spacial score (nSPS) is 10.0. The number of ether oxygens (including phenoxy) is 2. The lowest BCUT2D eigenvalue weighted by Gasteiger charge is -2.13. The van der Waals surface area contributed by atoms with Crippen molar-refractivity contribution in [1.29, 1.82) is 0 Å². The second kappa shape index (κ2) is 6.56. The first-order chi connectivity index (χ1) is 9.26. The van der Waals surface area contributed by atoms with E-state index in [0.717, 1.165) is 15.4 Å². The third-order valence-corrected chi connectivity index (χ3v) is 3.78. The van der Waals surface area contributed by atoms with Crippen molar-refractivity contribution in [3.63, 3.8) is 0 Å². The van der Waals surface area contributed by atoms with E-state index in [4.69, 9.17) is 9.47 Å². The minimum absolute atomic E-state index is 0.440. The van der Waals surface area contributed by atoms with E-state index < -0.39 is 0 Å². The predicted molar refractivity (Wildman–Crippen MR) is 81.9 cm³/mol. The van der Waals surface area contributed by atoms with Crippen LogP contribution < -0.4 is 9.47 Å². The third kappa shape index (κ3) is 3.26. The number of benzene rings is 2. The molecule has 0 aliphatic rings. The molecule has 2 aromatic carbocycles. The van der Waals surface area contributed by atoms with Crippen molar-refractivity contribution in [2.75, 3.05) is 7.11 Å². The molecule has 0 aliphatic heterocycles. The number of hydrogen-bond acceptors (Lipinski definition) is 3. The van der Waals surface area contributed by atoms with Gasteiger partial charge in [0.05, 0.1) is 10.7 Å². The predicted octanol–water partition coefficient (Wildman–Crippen LogP) is 3.69. The lowest BCUT2D eigenvalue weighted by atomic mass is 10.2. The molecule has 2 aromatic rings. The maximum absolute atomic E-state index is 11.0. The van der Waals surface area contributed by atoms with E-state index in [1.165, 1.54) is 0 Å². The van der Waals surface area contributed by atoms with E-state index in [-0.39, 0.29) is 0 Å². The van der Waals surface area contributed by atoms with Gasteiger partial charge < -0.3 is 9.47 Å². The number of methoxy groups -OCH3 is 1. The van der Waals surface area contributed by atoms with Crippen LogP contribution in [0.15, 0.2) is 42.5 Å². The molecule has 0 fully saturated rings. The Morgan fingerprint density at radius 1 is 1.16 bits per heavy atom. The van der Waals surface area contributed by atoms with Gasteiger partial charge in [0.1, 0.15) is 6.61 Å².